The fraction of sp³-hybridized carbons (Fsp3) is 0.100. The second-order valence-electron chi connectivity index (χ2n) is 3.29. The molecule has 0 spiro atoms. The number of alkyl halides is 3. The van der Waals surface area contributed by atoms with Crippen LogP contribution in [0.1, 0.15) is 15.4 Å². The Morgan fingerprint density at radius 2 is 2.00 bits per heavy atom. The number of hydrogen-bond donors (Lipinski definition) is 1. The average Bonchev–Trinajstić information content (AvgIpc) is 2.78. The highest BCUT2D eigenvalue weighted by Gasteiger charge is 2.34. The third kappa shape index (κ3) is 2.48. The molecule has 0 aliphatic heterocycles. The van der Waals surface area contributed by atoms with Crippen molar-refractivity contribution in [3.05, 3.63) is 35.2 Å². The minimum absolute atomic E-state index is 0.0885. The van der Waals surface area contributed by atoms with Crippen molar-refractivity contribution in [3.8, 4) is 10.4 Å². The van der Waals surface area contributed by atoms with Gasteiger partial charge in [0.25, 0.3) is 0 Å². The summed E-state index contributed by atoms with van der Waals surface area (Å²) in [5.74, 6) is -1.19. The number of aromatic carboxylic acids is 1. The lowest BCUT2D eigenvalue weighted by Crippen LogP contribution is -2.02. The van der Waals surface area contributed by atoms with Crippen molar-refractivity contribution in [1.82, 2.24) is 9.97 Å². The van der Waals surface area contributed by atoms with E-state index in [-0.39, 0.29) is 10.4 Å². The maximum absolute atomic E-state index is 12.4. The number of rotatable bonds is 2. The van der Waals surface area contributed by atoms with Crippen LogP contribution in [-0.4, -0.2) is 21.0 Å². The van der Waals surface area contributed by atoms with Gasteiger partial charge in [-0.25, -0.2) is 9.78 Å². The first-order valence-electron chi connectivity index (χ1n) is 4.59. The van der Waals surface area contributed by atoms with Crippen molar-refractivity contribution < 1.29 is 23.1 Å². The van der Waals surface area contributed by atoms with E-state index in [1.807, 2.05) is 0 Å². The molecule has 4 nitrogen and oxygen atoms in total. The van der Waals surface area contributed by atoms with Gasteiger partial charge in [0.15, 0.2) is 5.01 Å². The van der Waals surface area contributed by atoms with Crippen LogP contribution < -0.4 is 0 Å². The highest BCUT2D eigenvalue weighted by Crippen LogP contribution is 2.36. The van der Waals surface area contributed by atoms with E-state index >= 15 is 0 Å². The molecular formula is C10H5F3N2O2S. The molecular weight excluding hydrogens is 269 g/mol. The zero-order valence-corrected chi connectivity index (χ0v) is 9.42. The number of carboxylic acids is 1. The predicted molar refractivity (Wildman–Crippen MR) is 57.3 cm³/mol. The van der Waals surface area contributed by atoms with E-state index in [0.29, 0.717) is 16.9 Å². The Labute approximate surface area is 103 Å². The van der Waals surface area contributed by atoms with Crippen molar-refractivity contribution in [3.63, 3.8) is 0 Å². The van der Waals surface area contributed by atoms with Gasteiger partial charge in [-0.1, -0.05) is 0 Å². The zero-order valence-electron chi connectivity index (χ0n) is 8.60. The quantitative estimate of drug-likeness (QED) is 0.914. The smallest absolute Gasteiger partial charge is 0.443 e. The lowest BCUT2D eigenvalue weighted by molar-refractivity contribution is -0.137. The first-order chi connectivity index (χ1) is 8.38. The normalized spacial score (nSPS) is 11.5. The van der Waals surface area contributed by atoms with Crippen LogP contribution in [0.15, 0.2) is 24.7 Å². The maximum atomic E-state index is 12.4. The van der Waals surface area contributed by atoms with E-state index in [4.69, 9.17) is 5.11 Å². The Bertz CT molecular complexity index is 595. The van der Waals surface area contributed by atoms with Gasteiger partial charge < -0.3 is 5.11 Å². The average molecular weight is 274 g/mol. The summed E-state index contributed by atoms with van der Waals surface area (Å²) in [4.78, 5) is 17.9. The second kappa shape index (κ2) is 4.37. The van der Waals surface area contributed by atoms with Crippen molar-refractivity contribution in [2.24, 2.45) is 0 Å². The molecule has 1 N–H and O–H groups in total. The van der Waals surface area contributed by atoms with Crippen LogP contribution in [0, 0.1) is 0 Å². The van der Waals surface area contributed by atoms with Crippen LogP contribution in [0.2, 0.25) is 0 Å². The number of halogens is 3. The number of carboxylic acid groups (broad SMARTS) is 1. The molecule has 0 atom stereocenters. The third-order valence-corrected chi connectivity index (χ3v) is 3.11. The van der Waals surface area contributed by atoms with Gasteiger partial charge in [-0.05, 0) is 6.07 Å². The molecule has 2 aromatic rings. The molecule has 0 aliphatic rings. The van der Waals surface area contributed by atoms with Crippen LogP contribution in [0.3, 0.4) is 0 Å². The van der Waals surface area contributed by atoms with Crippen LogP contribution in [0.25, 0.3) is 10.4 Å². The molecule has 2 aromatic heterocycles. The lowest BCUT2D eigenvalue weighted by atomic mass is 10.2. The maximum Gasteiger partial charge on any atom is 0.443 e. The van der Waals surface area contributed by atoms with Crippen LogP contribution in [0.5, 0.6) is 0 Å². The summed E-state index contributed by atoms with van der Waals surface area (Å²) in [5.41, 5.74) is 0.206. The number of carbonyl (C=O) groups is 1. The van der Waals surface area contributed by atoms with Crippen molar-refractivity contribution in [2.75, 3.05) is 0 Å². The molecule has 0 bridgehead atoms. The molecule has 0 radical (unpaired) electrons. The summed E-state index contributed by atoms with van der Waals surface area (Å²) in [6, 6.07) is 1.25. The summed E-state index contributed by atoms with van der Waals surface area (Å²) in [6.45, 7) is 0. The van der Waals surface area contributed by atoms with Gasteiger partial charge >= 0.3 is 12.1 Å². The van der Waals surface area contributed by atoms with E-state index in [2.05, 4.69) is 9.97 Å². The molecule has 0 saturated carbocycles. The molecule has 0 aromatic carbocycles. The summed E-state index contributed by atoms with van der Waals surface area (Å²) in [5, 5.41) is 7.78. The molecule has 18 heavy (non-hydrogen) atoms. The van der Waals surface area contributed by atoms with Gasteiger partial charge in [-0.2, -0.15) is 13.2 Å². The van der Waals surface area contributed by atoms with E-state index in [1.54, 1.807) is 0 Å². The van der Waals surface area contributed by atoms with Crippen molar-refractivity contribution in [1.29, 1.82) is 0 Å². The van der Waals surface area contributed by atoms with Crippen LogP contribution >= 0.6 is 11.3 Å². The first-order valence-corrected chi connectivity index (χ1v) is 5.41. The fourth-order valence-electron chi connectivity index (χ4n) is 1.23. The Kier molecular flexibility index (Phi) is 3.04. The SMILES string of the molecule is O=C(O)c1cncc(-c2cnc(C(F)(F)F)s2)c1. The number of hydrogen-bond acceptors (Lipinski definition) is 4. The Morgan fingerprint density at radius 3 is 2.56 bits per heavy atom. The number of nitrogens with zero attached hydrogens (tertiary/aromatic N) is 2. The van der Waals surface area contributed by atoms with Crippen LogP contribution in [-0.2, 0) is 6.18 Å². The number of thiazole rings is 1. The number of aromatic nitrogens is 2. The van der Waals surface area contributed by atoms with Crippen molar-refractivity contribution >= 4 is 17.3 Å². The highest BCUT2D eigenvalue weighted by atomic mass is 32.1. The topological polar surface area (TPSA) is 63.1 Å². The highest BCUT2D eigenvalue weighted by molar-refractivity contribution is 7.15. The minimum atomic E-state index is -4.50. The van der Waals surface area contributed by atoms with Crippen LogP contribution in [0.4, 0.5) is 13.2 Å². The molecule has 0 aliphatic carbocycles. The van der Waals surface area contributed by atoms with Gasteiger partial charge in [-0.15, -0.1) is 11.3 Å². The summed E-state index contributed by atoms with van der Waals surface area (Å²) in [7, 11) is 0. The molecule has 0 unspecified atom stereocenters. The van der Waals surface area contributed by atoms with E-state index < -0.39 is 17.2 Å². The van der Waals surface area contributed by atoms with Crippen molar-refractivity contribution in [2.45, 2.75) is 6.18 Å². The molecule has 0 fully saturated rings. The van der Waals surface area contributed by atoms with Gasteiger partial charge in [0.1, 0.15) is 0 Å². The minimum Gasteiger partial charge on any atom is -0.478 e. The molecule has 2 rings (SSSR count). The Hall–Kier alpha value is -1.96. The standard InChI is InChI=1S/C10H5F3N2O2S/c11-10(12,13)9-15-4-7(18-9)5-1-6(8(16)17)3-14-2-5/h1-4H,(H,16,17). The molecule has 94 valence electrons. The zero-order chi connectivity index (χ0) is 13.3. The third-order valence-electron chi connectivity index (χ3n) is 2.02. The Balaban J connectivity index is 2.40. The Morgan fingerprint density at radius 1 is 1.28 bits per heavy atom. The molecule has 2 heterocycles. The van der Waals surface area contributed by atoms with Gasteiger partial charge in [0, 0.05) is 24.2 Å². The molecule has 8 heteroatoms. The van der Waals surface area contributed by atoms with Gasteiger partial charge in [0.05, 0.1) is 10.4 Å². The van der Waals surface area contributed by atoms with Gasteiger partial charge in [-0.3, -0.25) is 4.98 Å². The summed E-state index contributed by atoms with van der Waals surface area (Å²) >= 11 is 0.444. The van der Waals surface area contributed by atoms with E-state index in [0.717, 1.165) is 12.4 Å². The van der Waals surface area contributed by atoms with E-state index in [9.17, 15) is 18.0 Å². The first kappa shape index (κ1) is 12.5. The predicted octanol–water partition coefficient (Wildman–Crippen LogP) is 2.92. The largest absolute Gasteiger partial charge is 0.478 e. The fourth-order valence-corrected chi connectivity index (χ4v) is 1.99. The summed E-state index contributed by atoms with van der Waals surface area (Å²) in [6.07, 6.45) is -1.03. The van der Waals surface area contributed by atoms with E-state index in [1.165, 1.54) is 12.3 Å². The summed E-state index contributed by atoms with van der Waals surface area (Å²) < 4.78 is 37.1. The lowest BCUT2D eigenvalue weighted by Gasteiger charge is -2.00. The molecule has 0 amide bonds. The second-order valence-corrected chi connectivity index (χ2v) is 4.33. The number of pyridine rings is 1. The molecule has 0 saturated heterocycles. The van der Waals surface area contributed by atoms with Gasteiger partial charge in [0.2, 0.25) is 0 Å². The monoisotopic (exact) mass is 274 g/mol.